The fourth-order valence-corrected chi connectivity index (χ4v) is 9.95. The number of fused-ring (bicyclic) bond motifs is 10. The van der Waals surface area contributed by atoms with Crippen LogP contribution in [0.4, 0.5) is 0 Å². The van der Waals surface area contributed by atoms with Crippen molar-refractivity contribution in [2.75, 3.05) is 0 Å². The van der Waals surface area contributed by atoms with Gasteiger partial charge in [-0.2, -0.15) is 0 Å². The minimum atomic E-state index is 0.662. The molecule has 11 rings (SSSR count). The second kappa shape index (κ2) is 11.2. The average molecular weight is 687 g/mol. The molecule has 0 fully saturated rings. The van der Waals surface area contributed by atoms with E-state index in [2.05, 4.69) is 126 Å². The number of nitrogens with zero attached hydrogens (tertiary/aromatic N) is 4. The maximum atomic E-state index is 5.12. The molecule has 0 atom stereocenters. The topological polar surface area (TPSA) is 43.6 Å². The van der Waals surface area contributed by atoms with Crippen LogP contribution in [0.5, 0.6) is 0 Å². The summed E-state index contributed by atoms with van der Waals surface area (Å²) in [5.41, 5.74) is 6.47. The molecule has 0 aliphatic heterocycles. The molecule has 0 unspecified atom stereocenters. The number of aromatic nitrogens is 4. The fraction of sp³-hybridized carbons (Fsp3) is 0. The van der Waals surface area contributed by atoms with Gasteiger partial charge in [-0.1, -0.05) is 115 Å². The summed E-state index contributed by atoms with van der Waals surface area (Å²) in [6, 6.07) is 55.9. The van der Waals surface area contributed by atoms with Gasteiger partial charge in [0, 0.05) is 73.5 Å². The molecular formula is C45H26N4S2. The molecule has 0 aliphatic carbocycles. The minimum Gasteiger partial charge on any atom is -0.309 e. The lowest BCUT2D eigenvalue weighted by molar-refractivity contribution is 1.08. The fourth-order valence-electron chi connectivity index (χ4n) is 7.58. The smallest absolute Gasteiger partial charge is 0.164 e. The Balaban J connectivity index is 1.17. The van der Waals surface area contributed by atoms with Crippen LogP contribution in [0.25, 0.3) is 102 Å². The van der Waals surface area contributed by atoms with Crippen molar-refractivity contribution in [1.29, 1.82) is 0 Å². The molecule has 0 amide bonds. The molecular weight excluding hydrogens is 661 g/mol. The zero-order valence-corrected chi connectivity index (χ0v) is 28.7. The molecule has 4 heterocycles. The van der Waals surface area contributed by atoms with E-state index < -0.39 is 0 Å². The van der Waals surface area contributed by atoms with Gasteiger partial charge >= 0.3 is 0 Å². The van der Waals surface area contributed by atoms with Gasteiger partial charge in [0.2, 0.25) is 0 Å². The molecule has 0 bridgehead atoms. The van der Waals surface area contributed by atoms with Gasteiger partial charge in [0.25, 0.3) is 0 Å². The van der Waals surface area contributed by atoms with Crippen LogP contribution in [-0.2, 0) is 0 Å². The highest BCUT2D eigenvalue weighted by Crippen LogP contribution is 2.45. The number of para-hydroxylation sites is 1. The maximum Gasteiger partial charge on any atom is 0.164 e. The second-order valence-corrected chi connectivity index (χ2v) is 14.9. The summed E-state index contributed by atoms with van der Waals surface area (Å²) in [5.74, 6) is 1.99. The van der Waals surface area contributed by atoms with Gasteiger partial charge in [0.15, 0.2) is 17.5 Å². The Hall–Kier alpha value is -6.21. The summed E-state index contributed by atoms with van der Waals surface area (Å²) in [5, 5.41) is 7.58. The van der Waals surface area contributed by atoms with Gasteiger partial charge in [-0.25, -0.2) is 15.0 Å². The first-order chi connectivity index (χ1) is 25.3. The Morgan fingerprint density at radius 2 is 1.04 bits per heavy atom. The molecule has 0 aliphatic rings. The molecule has 51 heavy (non-hydrogen) atoms. The number of hydrogen-bond donors (Lipinski definition) is 0. The minimum absolute atomic E-state index is 0.662. The van der Waals surface area contributed by atoms with Crippen LogP contribution in [0, 0.1) is 0 Å². The Kier molecular flexibility index (Phi) is 6.26. The highest BCUT2D eigenvalue weighted by atomic mass is 32.1. The summed E-state index contributed by atoms with van der Waals surface area (Å²) in [7, 11) is 0. The van der Waals surface area contributed by atoms with Gasteiger partial charge < -0.3 is 4.57 Å². The van der Waals surface area contributed by atoms with Crippen molar-refractivity contribution >= 4 is 84.8 Å². The van der Waals surface area contributed by atoms with Crippen LogP contribution in [-0.4, -0.2) is 19.5 Å². The van der Waals surface area contributed by atoms with Crippen LogP contribution < -0.4 is 0 Å². The van der Waals surface area contributed by atoms with Crippen molar-refractivity contribution in [2.24, 2.45) is 0 Å². The Morgan fingerprint density at radius 1 is 0.392 bits per heavy atom. The monoisotopic (exact) mass is 686 g/mol. The SMILES string of the molecule is c1ccc(-c2nc(-c3ccccc3)nc(-c3cccc4sc5ccc(-n6c7ccccc7c7c8sc9ccccc9c8ccc76)cc5c34)n2)cc1. The molecule has 0 N–H and O–H groups in total. The van der Waals surface area contributed by atoms with Gasteiger partial charge in [0.1, 0.15) is 0 Å². The van der Waals surface area contributed by atoms with E-state index in [9.17, 15) is 0 Å². The van der Waals surface area contributed by atoms with E-state index in [-0.39, 0.29) is 0 Å². The van der Waals surface area contributed by atoms with Crippen molar-refractivity contribution in [2.45, 2.75) is 0 Å². The zero-order chi connectivity index (χ0) is 33.5. The average Bonchev–Trinajstić information content (AvgIpc) is 3.87. The van der Waals surface area contributed by atoms with E-state index in [0.29, 0.717) is 17.5 Å². The standard InChI is InChI=1S/C45H26N4S2/c1-3-12-27(13-4-1)43-46-44(28-14-5-2-6-15-28)48-45(47-43)33-18-11-21-39-40(33)34-26-29(22-25-38(34)50-39)49-35-19-9-7-17-32(35)41-36(49)24-23-31-30-16-8-10-20-37(30)51-42(31)41/h1-26H. The molecule has 6 heteroatoms. The van der Waals surface area contributed by atoms with E-state index in [4.69, 9.17) is 15.0 Å². The molecule has 238 valence electrons. The van der Waals surface area contributed by atoms with E-state index in [0.717, 1.165) is 27.8 Å². The number of hydrogen-bond acceptors (Lipinski definition) is 5. The van der Waals surface area contributed by atoms with Gasteiger partial charge in [0.05, 0.1) is 11.0 Å². The number of thiophene rings is 2. The molecule has 0 saturated heterocycles. The lowest BCUT2D eigenvalue weighted by Crippen LogP contribution is -2.00. The molecule has 0 radical (unpaired) electrons. The molecule has 11 aromatic rings. The summed E-state index contributed by atoms with van der Waals surface area (Å²) in [6.45, 7) is 0. The number of benzene rings is 7. The van der Waals surface area contributed by atoms with Gasteiger partial charge in [-0.05, 0) is 42.5 Å². The second-order valence-electron chi connectivity index (χ2n) is 12.8. The van der Waals surface area contributed by atoms with E-state index >= 15 is 0 Å². The lowest BCUT2D eigenvalue weighted by Gasteiger charge is -2.10. The largest absolute Gasteiger partial charge is 0.309 e. The number of rotatable bonds is 4. The molecule has 0 spiro atoms. The quantitative estimate of drug-likeness (QED) is 0.185. The normalized spacial score (nSPS) is 11.9. The van der Waals surface area contributed by atoms with Crippen molar-refractivity contribution in [3.63, 3.8) is 0 Å². The maximum absolute atomic E-state index is 5.12. The van der Waals surface area contributed by atoms with Crippen LogP contribution >= 0.6 is 22.7 Å². The highest BCUT2D eigenvalue weighted by molar-refractivity contribution is 7.27. The Labute approximate surface area is 300 Å². The Morgan fingerprint density at radius 3 is 1.82 bits per heavy atom. The first kappa shape index (κ1) is 28.6. The van der Waals surface area contributed by atoms with Crippen LogP contribution in [0.15, 0.2) is 158 Å². The summed E-state index contributed by atoms with van der Waals surface area (Å²) in [4.78, 5) is 15.2. The first-order valence-corrected chi connectivity index (χ1v) is 18.6. The first-order valence-electron chi connectivity index (χ1n) is 16.9. The third-order valence-electron chi connectivity index (χ3n) is 9.86. The third-order valence-corrected chi connectivity index (χ3v) is 12.2. The molecule has 4 aromatic heterocycles. The lowest BCUT2D eigenvalue weighted by atomic mass is 10.0. The predicted molar refractivity (Wildman–Crippen MR) is 216 cm³/mol. The summed E-state index contributed by atoms with van der Waals surface area (Å²) in [6.07, 6.45) is 0. The van der Waals surface area contributed by atoms with Gasteiger partial charge in [-0.3, -0.25) is 0 Å². The molecule has 7 aromatic carbocycles. The van der Waals surface area contributed by atoms with E-state index in [1.165, 1.54) is 56.8 Å². The predicted octanol–water partition coefficient (Wildman–Crippen LogP) is 12.7. The molecule has 4 nitrogen and oxygen atoms in total. The van der Waals surface area contributed by atoms with Crippen molar-refractivity contribution in [3.8, 4) is 39.9 Å². The summed E-state index contributed by atoms with van der Waals surface area (Å²) < 4.78 is 7.53. The van der Waals surface area contributed by atoms with Crippen LogP contribution in [0.3, 0.4) is 0 Å². The highest BCUT2D eigenvalue weighted by Gasteiger charge is 2.20. The molecule has 0 saturated carbocycles. The Bertz CT molecular complexity index is 3080. The summed E-state index contributed by atoms with van der Waals surface area (Å²) >= 11 is 3.70. The van der Waals surface area contributed by atoms with Crippen molar-refractivity contribution in [3.05, 3.63) is 158 Å². The van der Waals surface area contributed by atoms with Gasteiger partial charge in [-0.15, -0.1) is 22.7 Å². The third kappa shape index (κ3) is 4.40. The van der Waals surface area contributed by atoms with Crippen LogP contribution in [0.2, 0.25) is 0 Å². The van der Waals surface area contributed by atoms with E-state index in [1.807, 2.05) is 59.1 Å². The van der Waals surface area contributed by atoms with Crippen LogP contribution in [0.1, 0.15) is 0 Å². The zero-order valence-electron chi connectivity index (χ0n) is 27.1. The van der Waals surface area contributed by atoms with E-state index in [1.54, 1.807) is 0 Å². The van der Waals surface area contributed by atoms with Crippen molar-refractivity contribution in [1.82, 2.24) is 19.5 Å². The van der Waals surface area contributed by atoms with Crippen molar-refractivity contribution < 1.29 is 0 Å².